The summed E-state index contributed by atoms with van der Waals surface area (Å²) in [5.74, 6) is 2.21. The van der Waals surface area contributed by atoms with Crippen LogP contribution in [-0.4, -0.2) is 17.6 Å². The zero-order valence-electron chi connectivity index (χ0n) is 14.7. The highest BCUT2D eigenvalue weighted by Crippen LogP contribution is 2.18. The molecule has 0 fully saturated rings. The number of hydrogen-bond acceptors (Lipinski definition) is 3. The van der Waals surface area contributed by atoms with E-state index in [1.54, 1.807) is 0 Å². The van der Waals surface area contributed by atoms with Crippen LogP contribution in [0.25, 0.3) is 0 Å². The van der Waals surface area contributed by atoms with Crippen LogP contribution in [0.2, 0.25) is 0 Å². The molecule has 0 aliphatic rings. The zero-order valence-corrected chi connectivity index (χ0v) is 14.7. The topological polar surface area (TPSA) is 37.0 Å². The minimum absolute atomic E-state index is 0.456. The van der Waals surface area contributed by atoms with Gasteiger partial charge in [0.2, 0.25) is 0 Å². The third kappa shape index (κ3) is 6.47. The Kier molecular flexibility index (Phi) is 7.73. The molecule has 3 heteroatoms. The molecule has 0 aliphatic carbocycles. The summed E-state index contributed by atoms with van der Waals surface area (Å²) in [6, 6.07) is 4.91. The van der Waals surface area contributed by atoms with Crippen LogP contribution in [0.1, 0.15) is 71.6 Å². The highest BCUT2D eigenvalue weighted by atomic mass is 15.0. The molecule has 0 aromatic carbocycles. The third-order valence-electron chi connectivity index (χ3n) is 3.94. The summed E-state index contributed by atoms with van der Waals surface area (Å²) in [5.41, 5.74) is 2.49. The lowest BCUT2D eigenvalue weighted by Gasteiger charge is -2.17. The molecule has 0 saturated carbocycles. The molecule has 0 radical (unpaired) electrons. The molecule has 0 bridgehead atoms. The van der Waals surface area contributed by atoms with Crippen molar-refractivity contribution in [1.82, 2.24) is 10.3 Å². The first kappa shape index (κ1) is 18.0. The molecule has 0 amide bonds. The summed E-state index contributed by atoms with van der Waals surface area (Å²) in [5, 5.41) is 7.02. The highest BCUT2D eigenvalue weighted by Gasteiger charge is 2.08. The number of aromatic nitrogens is 1. The average Bonchev–Trinajstić information content (AvgIpc) is 2.46. The van der Waals surface area contributed by atoms with Crippen LogP contribution in [0.3, 0.4) is 0 Å². The van der Waals surface area contributed by atoms with Gasteiger partial charge in [-0.25, -0.2) is 4.98 Å². The molecule has 0 atom stereocenters. The number of rotatable bonds is 9. The molecule has 1 rings (SSSR count). The Morgan fingerprint density at radius 3 is 2.24 bits per heavy atom. The molecule has 1 heterocycles. The van der Waals surface area contributed by atoms with Gasteiger partial charge >= 0.3 is 0 Å². The van der Waals surface area contributed by atoms with Gasteiger partial charge < -0.3 is 10.6 Å². The normalized spacial score (nSPS) is 11.7. The van der Waals surface area contributed by atoms with Crippen molar-refractivity contribution in [2.45, 2.75) is 72.9 Å². The Bertz CT molecular complexity index is 409. The second-order valence-corrected chi connectivity index (χ2v) is 6.54. The van der Waals surface area contributed by atoms with Crippen LogP contribution in [0.15, 0.2) is 12.1 Å². The van der Waals surface area contributed by atoms with Gasteiger partial charge in [-0.15, -0.1) is 0 Å². The number of nitrogens with one attached hydrogen (secondary N) is 2. The summed E-state index contributed by atoms with van der Waals surface area (Å²) >= 11 is 0. The molecular weight excluding hydrogens is 258 g/mol. The summed E-state index contributed by atoms with van der Waals surface area (Å²) < 4.78 is 0. The molecule has 120 valence electrons. The van der Waals surface area contributed by atoms with Crippen molar-refractivity contribution in [2.24, 2.45) is 5.92 Å². The van der Waals surface area contributed by atoms with Crippen molar-refractivity contribution in [1.29, 1.82) is 0 Å². The molecule has 0 aliphatic heterocycles. The second kappa shape index (κ2) is 9.04. The lowest BCUT2D eigenvalue weighted by atomic mass is 10.0. The summed E-state index contributed by atoms with van der Waals surface area (Å²) in [7, 11) is 0. The van der Waals surface area contributed by atoms with E-state index in [1.807, 2.05) is 0 Å². The lowest BCUT2D eigenvalue weighted by molar-refractivity contribution is 0.518. The van der Waals surface area contributed by atoms with Crippen molar-refractivity contribution in [3.8, 4) is 0 Å². The maximum absolute atomic E-state index is 4.76. The summed E-state index contributed by atoms with van der Waals surface area (Å²) in [4.78, 5) is 4.76. The van der Waals surface area contributed by atoms with Gasteiger partial charge in [-0.05, 0) is 29.5 Å². The van der Waals surface area contributed by atoms with Gasteiger partial charge in [0.1, 0.15) is 5.82 Å². The molecule has 0 unspecified atom stereocenters. The van der Waals surface area contributed by atoms with E-state index in [0.717, 1.165) is 24.8 Å². The van der Waals surface area contributed by atoms with Crippen LogP contribution in [0.5, 0.6) is 0 Å². The van der Waals surface area contributed by atoms with Crippen LogP contribution < -0.4 is 10.6 Å². The van der Waals surface area contributed by atoms with E-state index in [4.69, 9.17) is 4.98 Å². The fourth-order valence-electron chi connectivity index (χ4n) is 2.25. The molecule has 21 heavy (non-hydrogen) atoms. The van der Waals surface area contributed by atoms with Crippen LogP contribution in [-0.2, 0) is 6.54 Å². The Morgan fingerprint density at radius 2 is 1.71 bits per heavy atom. The van der Waals surface area contributed by atoms with Crippen molar-refractivity contribution in [3.63, 3.8) is 0 Å². The fraction of sp³-hybridized carbons (Fsp3) is 0.722. The van der Waals surface area contributed by atoms with Crippen LogP contribution in [0, 0.1) is 5.92 Å². The monoisotopic (exact) mass is 291 g/mol. The average molecular weight is 291 g/mol. The van der Waals surface area contributed by atoms with Gasteiger partial charge in [-0.3, -0.25) is 0 Å². The van der Waals surface area contributed by atoms with Crippen LogP contribution >= 0.6 is 0 Å². The van der Waals surface area contributed by atoms with Crippen molar-refractivity contribution in [2.75, 3.05) is 11.9 Å². The maximum atomic E-state index is 4.76. The number of pyridine rings is 1. The zero-order chi connectivity index (χ0) is 15.8. The number of nitrogens with zero attached hydrogens (tertiary/aromatic N) is 1. The first-order chi connectivity index (χ1) is 9.96. The quantitative estimate of drug-likeness (QED) is 0.701. The SMILES string of the molecule is CCC(CC)CNc1cc(CNC(C)C)cc(C(C)C)n1. The molecule has 3 nitrogen and oxygen atoms in total. The van der Waals surface area contributed by atoms with Gasteiger partial charge in [0.15, 0.2) is 0 Å². The highest BCUT2D eigenvalue weighted by molar-refractivity contribution is 5.40. The van der Waals surface area contributed by atoms with Crippen molar-refractivity contribution >= 4 is 5.82 Å². The minimum atomic E-state index is 0.456. The van der Waals surface area contributed by atoms with Gasteiger partial charge in [-0.1, -0.05) is 54.4 Å². The van der Waals surface area contributed by atoms with E-state index in [0.29, 0.717) is 12.0 Å². The molecule has 1 aromatic heterocycles. The minimum Gasteiger partial charge on any atom is -0.370 e. The van der Waals surface area contributed by atoms with Crippen molar-refractivity contribution in [3.05, 3.63) is 23.4 Å². The fourth-order valence-corrected chi connectivity index (χ4v) is 2.25. The van der Waals surface area contributed by atoms with E-state index < -0.39 is 0 Å². The van der Waals surface area contributed by atoms with E-state index in [9.17, 15) is 0 Å². The first-order valence-electron chi connectivity index (χ1n) is 8.44. The molecule has 1 aromatic rings. The predicted molar refractivity (Wildman–Crippen MR) is 92.9 cm³/mol. The maximum Gasteiger partial charge on any atom is 0.126 e. The van der Waals surface area contributed by atoms with Crippen molar-refractivity contribution < 1.29 is 0 Å². The first-order valence-corrected chi connectivity index (χ1v) is 8.44. The lowest BCUT2D eigenvalue weighted by Crippen LogP contribution is -2.22. The molecule has 2 N–H and O–H groups in total. The van der Waals surface area contributed by atoms with Gasteiger partial charge in [-0.2, -0.15) is 0 Å². The number of anilines is 1. The Morgan fingerprint density at radius 1 is 1.05 bits per heavy atom. The largest absolute Gasteiger partial charge is 0.370 e. The number of hydrogen-bond donors (Lipinski definition) is 2. The third-order valence-corrected chi connectivity index (χ3v) is 3.94. The summed E-state index contributed by atoms with van der Waals surface area (Å²) in [6.45, 7) is 15.2. The smallest absolute Gasteiger partial charge is 0.126 e. The van der Waals surface area contributed by atoms with Gasteiger partial charge in [0, 0.05) is 24.8 Å². The predicted octanol–water partition coefficient (Wildman–Crippen LogP) is 4.55. The molecule has 0 spiro atoms. The van der Waals surface area contributed by atoms with E-state index >= 15 is 0 Å². The Balaban J connectivity index is 2.81. The van der Waals surface area contributed by atoms with Crippen LogP contribution in [0.4, 0.5) is 5.82 Å². The van der Waals surface area contributed by atoms with E-state index in [2.05, 4.69) is 64.3 Å². The Labute approximate surface area is 130 Å². The molecule has 0 saturated heterocycles. The second-order valence-electron chi connectivity index (χ2n) is 6.54. The van der Waals surface area contributed by atoms with E-state index in [-0.39, 0.29) is 0 Å². The van der Waals surface area contributed by atoms with Gasteiger partial charge in [0.05, 0.1) is 0 Å². The van der Waals surface area contributed by atoms with E-state index in [1.165, 1.54) is 24.1 Å². The molecular formula is C18H33N3. The standard InChI is InChI=1S/C18H33N3/c1-7-15(8-2)11-20-18-10-16(12-19-14(5)6)9-17(21-18)13(3)4/h9-10,13-15,19H,7-8,11-12H2,1-6H3,(H,20,21). The Hall–Kier alpha value is -1.09. The summed E-state index contributed by atoms with van der Waals surface area (Å²) in [6.07, 6.45) is 2.43. The van der Waals surface area contributed by atoms with Gasteiger partial charge in [0.25, 0.3) is 0 Å².